The van der Waals surface area contributed by atoms with Crippen LogP contribution in [0.5, 0.6) is 0 Å². The second kappa shape index (κ2) is 7.16. The van der Waals surface area contributed by atoms with Crippen LogP contribution in [0.25, 0.3) is 22.3 Å². The Morgan fingerprint density at radius 3 is 2.55 bits per heavy atom. The third-order valence-corrected chi connectivity index (χ3v) is 6.13. The summed E-state index contributed by atoms with van der Waals surface area (Å²) in [6, 6.07) is 7.79. The molecule has 0 unspecified atom stereocenters. The predicted octanol–water partition coefficient (Wildman–Crippen LogP) is 4.85. The van der Waals surface area contributed by atoms with E-state index < -0.39 is 29.0 Å². The zero-order valence-electron chi connectivity index (χ0n) is 17.7. The average Bonchev–Trinajstić information content (AvgIpc) is 3.27. The van der Waals surface area contributed by atoms with Gasteiger partial charge in [0.2, 0.25) is 0 Å². The fourth-order valence-corrected chi connectivity index (χ4v) is 4.12. The highest BCUT2D eigenvalue weighted by molar-refractivity contribution is 5.99. The third-order valence-electron chi connectivity index (χ3n) is 6.13. The molecule has 0 atom stereocenters. The van der Waals surface area contributed by atoms with Gasteiger partial charge in [-0.15, -0.1) is 0 Å². The Labute approximate surface area is 185 Å². The number of aryl methyl sites for hydroxylation is 2. The van der Waals surface area contributed by atoms with Crippen LogP contribution in [0.4, 0.5) is 17.6 Å². The lowest BCUT2D eigenvalue weighted by molar-refractivity contribution is -0.137. The molecule has 0 spiro atoms. The Balaban J connectivity index is 1.45. The molecule has 1 aromatic carbocycles. The van der Waals surface area contributed by atoms with Crippen LogP contribution >= 0.6 is 0 Å². The summed E-state index contributed by atoms with van der Waals surface area (Å²) in [6.45, 7) is 1.88. The Kier molecular flexibility index (Phi) is 4.59. The Morgan fingerprint density at radius 1 is 1.18 bits per heavy atom. The van der Waals surface area contributed by atoms with Crippen molar-refractivity contribution in [3.05, 3.63) is 70.9 Å². The summed E-state index contributed by atoms with van der Waals surface area (Å²) >= 11 is 0. The zero-order valence-corrected chi connectivity index (χ0v) is 17.7. The maximum atomic E-state index is 14.6. The highest BCUT2D eigenvalue weighted by Crippen LogP contribution is 2.47. The van der Waals surface area contributed by atoms with Gasteiger partial charge in [0, 0.05) is 29.3 Å². The van der Waals surface area contributed by atoms with Crippen molar-refractivity contribution in [3.8, 4) is 11.3 Å². The summed E-state index contributed by atoms with van der Waals surface area (Å²) in [7, 11) is 1.70. The number of aromatic nitrogens is 4. The Hall–Kier alpha value is -3.69. The molecule has 5 rings (SSSR count). The smallest absolute Gasteiger partial charge is 0.341 e. The number of nitrogens with zero attached hydrogens (tertiary/aromatic N) is 3. The first kappa shape index (κ1) is 21.2. The van der Waals surface area contributed by atoms with E-state index in [-0.39, 0.29) is 5.56 Å². The number of carbonyl (C=O) groups excluding carboxylic acids is 1. The molecule has 1 fully saturated rings. The van der Waals surface area contributed by atoms with E-state index in [4.69, 9.17) is 0 Å². The van der Waals surface area contributed by atoms with Crippen molar-refractivity contribution in [2.24, 2.45) is 7.05 Å². The number of amides is 1. The van der Waals surface area contributed by atoms with Crippen molar-refractivity contribution in [2.75, 3.05) is 0 Å². The molecule has 6 nitrogen and oxygen atoms in total. The Bertz CT molecular complexity index is 1400. The lowest BCUT2D eigenvalue weighted by Crippen LogP contribution is -2.36. The van der Waals surface area contributed by atoms with Crippen molar-refractivity contribution < 1.29 is 22.4 Å². The molecule has 1 saturated carbocycles. The largest absolute Gasteiger partial charge is 0.416 e. The average molecular weight is 457 g/mol. The zero-order chi connectivity index (χ0) is 23.5. The molecule has 2 N–H and O–H groups in total. The number of hydrogen-bond donors (Lipinski definition) is 2. The summed E-state index contributed by atoms with van der Waals surface area (Å²) < 4.78 is 54.8. The molecule has 0 radical (unpaired) electrons. The van der Waals surface area contributed by atoms with Crippen LogP contribution in [0.2, 0.25) is 0 Å². The number of fused-ring (bicyclic) bond motifs is 1. The molecule has 3 aromatic heterocycles. The highest BCUT2D eigenvalue weighted by Gasteiger charge is 2.48. The number of pyridine rings is 1. The van der Waals surface area contributed by atoms with Gasteiger partial charge in [0.1, 0.15) is 17.2 Å². The first-order chi connectivity index (χ1) is 15.6. The van der Waals surface area contributed by atoms with E-state index in [9.17, 15) is 22.4 Å². The summed E-state index contributed by atoms with van der Waals surface area (Å²) in [4.78, 5) is 17.7. The topological polar surface area (TPSA) is 75.6 Å². The molecular weight excluding hydrogens is 438 g/mol. The second-order valence-corrected chi connectivity index (χ2v) is 8.34. The van der Waals surface area contributed by atoms with Crippen LogP contribution in [0.1, 0.15) is 40.2 Å². The van der Waals surface area contributed by atoms with Gasteiger partial charge in [-0.25, -0.2) is 9.37 Å². The molecule has 0 aliphatic heterocycles. The lowest BCUT2D eigenvalue weighted by Gasteiger charge is -2.20. The van der Waals surface area contributed by atoms with Crippen LogP contribution < -0.4 is 5.32 Å². The van der Waals surface area contributed by atoms with Crippen molar-refractivity contribution in [1.82, 2.24) is 25.1 Å². The van der Waals surface area contributed by atoms with E-state index >= 15 is 0 Å². The first-order valence-corrected chi connectivity index (χ1v) is 10.3. The molecule has 0 saturated heterocycles. The molecular formula is C23H19F4N5O. The van der Waals surface area contributed by atoms with Crippen LogP contribution in [0, 0.1) is 12.7 Å². The minimum absolute atomic E-state index is 0.0541. The molecule has 170 valence electrons. The number of hydrogen-bond acceptors (Lipinski definition) is 3. The summed E-state index contributed by atoms with van der Waals surface area (Å²) in [5.41, 5.74) is 1.29. The fraction of sp³-hybridized carbons (Fsp3) is 0.261. The summed E-state index contributed by atoms with van der Waals surface area (Å²) in [5.74, 6) is -1.44. The van der Waals surface area contributed by atoms with Crippen molar-refractivity contribution in [1.29, 1.82) is 0 Å². The standard InChI is InChI=1S/C23H19F4N5O/c1-12-15(11-28-31-12)18-6-3-13-9-19(32(2)20(13)29-18)21(33)30-22(7-8-22)16-5-4-14(10-17(16)24)23(25,26)27/h3-6,9-11H,7-8H2,1-2H3,(H,28,31)(H,30,33). The lowest BCUT2D eigenvalue weighted by atomic mass is 10.0. The van der Waals surface area contributed by atoms with Crippen LogP contribution in [0.15, 0.2) is 42.6 Å². The highest BCUT2D eigenvalue weighted by atomic mass is 19.4. The van der Waals surface area contributed by atoms with Gasteiger partial charge < -0.3 is 9.88 Å². The number of alkyl halides is 3. The summed E-state index contributed by atoms with van der Waals surface area (Å²) in [5, 5.41) is 10.4. The van der Waals surface area contributed by atoms with Gasteiger partial charge in [-0.05, 0) is 50.1 Å². The normalized spacial score (nSPS) is 15.1. The van der Waals surface area contributed by atoms with Gasteiger partial charge in [-0.2, -0.15) is 18.3 Å². The molecule has 33 heavy (non-hydrogen) atoms. The number of halogens is 4. The molecule has 1 amide bonds. The number of rotatable bonds is 4. The number of nitrogens with one attached hydrogen (secondary N) is 2. The van der Waals surface area contributed by atoms with E-state index in [2.05, 4.69) is 20.5 Å². The number of H-pyrrole nitrogens is 1. The van der Waals surface area contributed by atoms with Gasteiger partial charge in [0.05, 0.1) is 23.0 Å². The first-order valence-electron chi connectivity index (χ1n) is 10.3. The number of carbonyl (C=O) groups is 1. The molecule has 3 heterocycles. The fourth-order valence-electron chi connectivity index (χ4n) is 4.12. The van der Waals surface area contributed by atoms with Gasteiger partial charge >= 0.3 is 6.18 Å². The van der Waals surface area contributed by atoms with E-state index in [0.29, 0.717) is 35.9 Å². The predicted molar refractivity (Wildman–Crippen MR) is 113 cm³/mol. The molecule has 1 aliphatic carbocycles. The van der Waals surface area contributed by atoms with E-state index in [1.165, 1.54) is 0 Å². The Morgan fingerprint density at radius 2 is 1.94 bits per heavy atom. The number of benzene rings is 1. The maximum absolute atomic E-state index is 14.6. The monoisotopic (exact) mass is 457 g/mol. The summed E-state index contributed by atoms with van der Waals surface area (Å²) in [6.07, 6.45) is -2.08. The van der Waals surface area contributed by atoms with Gasteiger partial charge in [0.25, 0.3) is 5.91 Å². The van der Waals surface area contributed by atoms with E-state index in [1.54, 1.807) is 23.9 Å². The minimum Gasteiger partial charge on any atom is -0.341 e. The molecule has 0 bridgehead atoms. The van der Waals surface area contributed by atoms with Crippen molar-refractivity contribution in [3.63, 3.8) is 0 Å². The van der Waals surface area contributed by atoms with Gasteiger partial charge in [0.15, 0.2) is 0 Å². The molecule has 4 aromatic rings. The van der Waals surface area contributed by atoms with Gasteiger partial charge in [-0.3, -0.25) is 9.89 Å². The third kappa shape index (κ3) is 3.55. The second-order valence-electron chi connectivity index (χ2n) is 8.34. The van der Waals surface area contributed by atoms with Crippen LogP contribution in [0.3, 0.4) is 0 Å². The van der Waals surface area contributed by atoms with E-state index in [0.717, 1.165) is 28.8 Å². The van der Waals surface area contributed by atoms with E-state index in [1.807, 2.05) is 19.1 Å². The quantitative estimate of drug-likeness (QED) is 0.430. The maximum Gasteiger partial charge on any atom is 0.416 e. The van der Waals surface area contributed by atoms with Crippen LogP contribution in [-0.2, 0) is 18.8 Å². The van der Waals surface area contributed by atoms with Crippen LogP contribution in [-0.4, -0.2) is 25.7 Å². The number of aromatic amines is 1. The van der Waals surface area contributed by atoms with Gasteiger partial charge in [-0.1, -0.05) is 6.07 Å². The SMILES string of the molecule is Cc1[nH]ncc1-c1ccc2cc(C(=O)NC3(c4ccc(C(F)(F)F)cc4F)CC3)n(C)c2n1. The minimum atomic E-state index is -4.64. The van der Waals surface area contributed by atoms with Crippen molar-refractivity contribution in [2.45, 2.75) is 31.5 Å². The molecule has 10 heteroatoms. The van der Waals surface area contributed by atoms with Crippen molar-refractivity contribution >= 4 is 16.9 Å². The molecule has 1 aliphatic rings.